The van der Waals surface area contributed by atoms with Crippen molar-refractivity contribution in [3.05, 3.63) is 52.4 Å². The molecule has 2 aromatic rings. The fourth-order valence-corrected chi connectivity index (χ4v) is 3.28. The zero-order chi connectivity index (χ0) is 18.5. The van der Waals surface area contributed by atoms with E-state index < -0.39 is 0 Å². The summed E-state index contributed by atoms with van der Waals surface area (Å²) in [6.45, 7) is 4.32. The van der Waals surface area contributed by atoms with Crippen LogP contribution in [0.25, 0.3) is 0 Å². The Morgan fingerprint density at radius 2 is 2.15 bits per heavy atom. The smallest absolute Gasteiger partial charge is 0.253 e. The number of nitrogens with zero attached hydrogens (tertiary/aromatic N) is 3. The van der Waals surface area contributed by atoms with Crippen LogP contribution in [0.4, 0.5) is 0 Å². The molecule has 138 valence electrons. The third kappa shape index (κ3) is 4.31. The van der Waals surface area contributed by atoms with Crippen molar-refractivity contribution >= 4 is 17.5 Å². The highest BCUT2D eigenvalue weighted by atomic mass is 35.5. The molecule has 0 unspecified atom stereocenters. The lowest BCUT2D eigenvalue weighted by Gasteiger charge is -2.17. The summed E-state index contributed by atoms with van der Waals surface area (Å²) in [5.41, 5.74) is 7.32. The van der Waals surface area contributed by atoms with Crippen LogP contribution in [0.3, 0.4) is 0 Å². The van der Waals surface area contributed by atoms with Crippen molar-refractivity contribution in [1.82, 2.24) is 14.9 Å². The van der Waals surface area contributed by atoms with Gasteiger partial charge in [-0.25, -0.2) is 4.98 Å². The summed E-state index contributed by atoms with van der Waals surface area (Å²) in [6, 6.07) is 7.48. The van der Waals surface area contributed by atoms with Gasteiger partial charge < -0.3 is 15.4 Å². The first-order chi connectivity index (χ1) is 12.6. The summed E-state index contributed by atoms with van der Waals surface area (Å²) in [4.78, 5) is 23.2. The number of carbonyl (C=O) groups is 1. The number of ether oxygens (including phenoxy) is 1. The molecule has 0 spiro atoms. The molecule has 2 N–H and O–H groups in total. The predicted octanol–water partition coefficient (Wildman–Crippen LogP) is 2.69. The predicted molar refractivity (Wildman–Crippen MR) is 100 cm³/mol. The van der Waals surface area contributed by atoms with Crippen LogP contribution in [0.15, 0.2) is 30.5 Å². The number of benzene rings is 1. The highest BCUT2D eigenvalue weighted by Crippen LogP contribution is 2.25. The monoisotopic (exact) mass is 374 g/mol. The summed E-state index contributed by atoms with van der Waals surface area (Å²) in [5.74, 6) is 1.51. The van der Waals surface area contributed by atoms with Crippen LogP contribution >= 0.6 is 11.6 Å². The van der Waals surface area contributed by atoms with Gasteiger partial charge in [-0.05, 0) is 37.0 Å². The molecule has 1 aromatic carbocycles. The first-order valence-electron chi connectivity index (χ1n) is 8.83. The molecule has 0 radical (unpaired) electrons. The molecule has 0 aliphatic carbocycles. The molecule has 1 saturated heterocycles. The van der Waals surface area contributed by atoms with Crippen LogP contribution in [0.5, 0.6) is 5.88 Å². The van der Waals surface area contributed by atoms with E-state index in [1.165, 1.54) is 0 Å². The number of halogens is 1. The number of nitrogens with two attached hydrogens (primary N) is 1. The van der Waals surface area contributed by atoms with Gasteiger partial charge in [0.2, 0.25) is 5.88 Å². The minimum Gasteiger partial charge on any atom is -0.477 e. The lowest BCUT2D eigenvalue weighted by Crippen LogP contribution is -2.29. The molecular weight excluding hydrogens is 352 g/mol. The summed E-state index contributed by atoms with van der Waals surface area (Å²) in [6.07, 6.45) is 3.21. The Hall–Kier alpha value is -2.18. The topological polar surface area (TPSA) is 81.3 Å². The lowest BCUT2D eigenvalue weighted by atomic mass is 10.0. The quantitative estimate of drug-likeness (QED) is 0.840. The second-order valence-corrected chi connectivity index (χ2v) is 6.79. The number of amides is 1. The van der Waals surface area contributed by atoms with Gasteiger partial charge in [-0.15, -0.1) is 0 Å². The van der Waals surface area contributed by atoms with Gasteiger partial charge in [0.15, 0.2) is 0 Å². The van der Waals surface area contributed by atoms with Gasteiger partial charge in [-0.2, -0.15) is 4.98 Å². The second-order valence-electron chi connectivity index (χ2n) is 6.38. The Labute approximate surface area is 158 Å². The Morgan fingerprint density at radius 1 is 1.38 bits per heavy atom. The Morgan fingerprint density at radius 3 is 2.85 bits per heavy atom. The highest BCUT2D eigenvalue weighted by molar-refractivity contribution is 6.31. The van der Waals surface area contributed by atoms with Crippen LogP contribution in [0, 0.1) is 5.92 Å². The van der Waals surface area contributed by atoms with E-state index >= 15 is 0 Å². The van der Waals surface area contributed by atoms with Gasteiger partial charge in [0.1, 0.15) is 10.8 Å². The van der Waals surface area contributed by atoms with Crippen molar-refractivity contribution in [3.8, 4) is 5.88 Å². The summed E-state index contributed by atoms with van der Waals surface area (Å²) >= 11 is 6.04. The van der Waals surface area contributed by atoms with Crippen LogP contribution < -0.4 is 10.5 Å². The largest absolute Gasteiger partial charge is 0.477 e. The molecule has 26 heavy (non-hydrogen) atoms. The Balaban J connectivity index is 1.61. The number of hydrogen-bond acceptors (Lipinski definition) is 5. The minimum atomic E-state index is 0.0584. The number of carbonyl (C=O) groups excluding carboxylic acids is 1. The average Bonchev–Trinajstić information content (AvgIpc) is 3.12. The van der Waals surface area contributed by atoms with E-state index in [9.17, 15) is 4.79 Å². The molecule has 7 heteroatoms. The van der Waals surface area contributed by atoms with E-state index in [0.29, 0.717) is 54.3 Å². The third-order valence-electron chi connectivity index (χ3n) is 4.52. The molecule has 0 bridgehead atoms. The minimum absolute atomic E-state index is 0.0584. The van der Waals surface area contributed by atoms with Crippen LogP contribution in [0.1, 0.15) is 35.1 Å². The van der Waals surface area contributed by atoms with Gasteiger partial charge in [0, 0.05) is 31.6 Å². The van der Waals surface area contributed by atoms with Crippen molar-refractivity contribution in [2.45, 2.75) is 26.3 Å². The van der Waals surface area contributed by atoms with E-state index in [0.717, 1.165) is 18.5 Å². The first-order valence-corrected chi connectivity index (χ1v) is 9.21. The van der Waals surface area contributed by atoms with E-state index in [2.05, 4.69) is 9.97 Å². The van der Waals surface area contributed by atoms with Crippen molar-refractivity contribution < 1.29 is 9.53 Å². The maximum atomic E-state index is 12.7. The molecule has 1 aromatic heterocycles. The summed E-state index contributed by atoms with van der Waals surface area (Å²) in [5, 5.41) is 0.416. The zero-order valence-corrected chi connectivity index (χ0v) is 15.6. The first kappa shape index (κ1) is 18.6. The normalized spacial score (nSPS) is 16.7. The number of likely N-dealkylation sites (tertiary alicyclic amines) is 1. The fraction of sp³-hybridized carbons (Fsp3) is 0.421. The molecule has 0 saturated carbocycles. The number of aromatic nitrogens is 2. The molecule has 6 nitrogen and oxygen atoms in total. The van der Waals surface area contributed by atoms with Crippen LogP contribution in [0.2, 0.25) is 5.02 Å². The summed E-state index contributed by atoms with van der Waals surface area (Å²) in [7, 11) is 0. The van der Waals surface area contributed by atoms with Crippen LogP contribution in [-0.2, 0) is 13.0 Å². The van der Waals surface area contributed by atoms with Gasteiger partial charge in [-0.3, -0.25) is 4.79 Å². The van der Waals surface area contributed by atoms with Crippen molar-refractivity contribution in [3.63, 3.8) is 0 Å². The Bertz CT molecular complexity index is 767. The lowest BCUT2D eigenvalue weighted by molar-refractivity contribution is 0.0787. The molecule has 3 rings (SSSR count). The molecular formula is C19H23ClN4O2. The second kappa shape index (κ2) is 8.47. The maximum absolute atomic E-state index is 12.7. The standard InChI is InChI=1S/C19H23ClN4O2/c1-2-26-18-16(20)11-22-17(23-18)9-14-7-8-24(12-14)19(25)15-5-3-13(10-21)4-6-15/h3-6,11,14H,2,7-10,12,21H2,1H3/t14-/m0/s1. The van der Waals surface area contributed by atoms with Gasteiger partial charge in [0.05, 0.1) is 12.8 Å². The molecule has 1 atom stereocenters. The average molecular weight is 375 g/mol. The zero-order valence-electron chi connectivity index (χ0n) is 14.8. The number of rotatable bonds is 6. The van der Waals surface area contributed by atoms with Crippen molar-refractivity contribution in [2.24, 2.45) is 11.7 Å². The summed E-state index contributed by atoms with van der Waals surface area (Å²) < 4.78 is 5.42. The van der Waals surface area contributed by atoms with E-state index in [-0.39, 0.29) is 5.91 Å². The van der Waals surface area contributed by atoms with Crippen molar-refractivity contribution in [2.75, 3.05) is 19.7 Å². The van der Waals surface area contributed by atoms with Crippen LogP contribution in [-0.4, -0.2) is 40.5 Å². The Kier molecular flexibility index (Phi) is 6.06. The molecule has 1 amide bonds. The van der Waals surface area contributed by atoms with Gasteiger partial charge in [-0.1, -0.05) is 23.7 Å². The van der Waals surface area contributed by atoms with E-state index in [1.54, 1.807) is 6.20 Å². The maximum Gasteiger partial charge on any atom is 0.253 e. The van der Waals surface area contributed by atoms with Gasteiger partial charge in [0.25, 0.3) is 5.91 Å². The molecule has 1 fully saturated rings. The van der Waals surface area contributed by atoms with Crippen molar-refractivity contribution in [1.29, 1.82) is 0 Å². The van der Waals surface area contributed by atoms with E-state index in [4.69, 9.17) is 22.1 Å². The molecule has 2 heterocycles. The molecule has 1 aliphatic rings. The van der Waals surface area contributed by atoms with Gasteiger partial charge >= 0.3 is 0 Å². The highest BCUT2D eigenvalue weighted by Gasteiger charge is 2.28. The SMILES string of the molecule is CCOc1nc(C[C@@H]2CCN(C(=O)c3ccc(CN)cc3)C2)ncc1Cl. The molecule has 1 aliphatic heterocycles. The fourth-order valence-electron chi connectivity index (χ4n) is 3.13. The third-order valence-corrected chi connectivity index (χ3v) is 4.78. The number of hydrogen-bond donors (Lipinski definition) is 1. The van der Waals surface area contributed by atoms with E-state index in [1.807, 2.05) is 36.1 Å².